The van der Waals surface area contributed by atoms with Crippen LogP contribution in [0.2, 0.25) is 0 Å². The van der Waals surface area contributed by atoms with Crippen LogP contribution in [0, 0.1) is 6.92 Å². The van der Waals surface area contributed by atoms with Gasteiger partial charge in [0.2, 0.25) is 10.0 Å². The first kappa shape index (κ1) is 26.9. The number of hydrogen-bond donors (Lipinski definition) is 0. The average Bonchev–Trinajstić information content (AvgIpc) is 3.29. The van der Waals surface area contributed by atoms with Gasteiger partial charge in [0.05, 0.1) is 29.4 Å². The predicted octanol–water partition coefficient (Wildman–Crippen LogP) is 6.23. The summed E-state index contributed by atoms with van der Waals surface area (Å²) in [5.41, 5.74) is 5.15. The van der Waals surface area contributed by atoms with Crippen LogP contribution in [0.5, 0.6) is 5.75 Å². The normalized spacial score (nSPS) is 12.3. The summed E-state index contributed by atoms with van der Waals surface area (Å²) in [6.45, 7) is 9.90. The number of nitrogens with zero attached hydrogens (tertiary/aromatic N) is 3. The topological polar surface area (TPSA) is 63.9 Å². The van der Waals surface area contributed by atoms with Crippen LogP contribution in [-0.2, 0) is 16.6 Å². The second-order valence-corrected chi connectivity index (χ2v) is 11.4. The van der Waals surface area contributed by atoms with Crippen LogP contribution in [0.25, 0.3) is 11.3 Å². The molecule has 0 aliphatic heterocycles. The largest absolute Gasteiger partial charge is 0.494 e. The Morgan fingerprint density at radius 3 is 2.14 bits per heavy atom. The SMILES string of the molecule is CCOc1ccc(N=c2scc(-c3ccc(S(=O)(=O)N(CC)CC)cc3)n2Cc2ccc(C)cc2)cc1. The summed E-state index contributed by atoms with van der Waals surface area (Å²) in [5, 5.41) is 2.08. The van der Waals surface area contributed by atoms with Crippen molar-refractivity contribution in [2.75, 3.05) is 19.7 Å². The van der Waals surface area contributed by atoms with Crippen molar-refractivity contribution >= 4 is 27.0 Å². The van der Waals surface area contributed by atoms with Gasteiger partial charge in [-0.2, -0.15) is 4.31 Å². The Balaban J connectivity index is 1.75. The predicted molar refractivity (Wildman–Crippen MR) is 151 cm³/mol. The van der Waals surface area contributed by atoms with Gasteiger partial charge in [0.25, 0.3) is 0 Å². The zero-order chi connectivity index (χ0) is 26.4. The molecule has 0 saturated carbocycles. The average molecular weight is 536 g/mol. The summed E-state index contributed by atoms with van der Waals surface area (Å²) < 4.78 is 35.1. The van der Waals surface area contributed by atoms with Crippen molar-refractivity contribution in [3.63, 3.8) is 0 Å². The van der Waals surface area contributed by atoms with Gasteiger partial charge < -0.3 is 9.30 Å². The van der Waals surface area contributed by atoms with Crippen molar-refractivity contribution in [3.8, 4) is 17.0 Å². The molecule has 6 nitrogen and oxygen atoms in total. The maximum atomic E-state index is 12.9. The Bertz CT molecular complexity index is 1480. The van der Waals surface area contributed by atoms with Crippen LogP contribution >= 0.6 is 11.3 Å². The molecule has 194 valence electrons. The number of thiazole rings is 1. The highest BCUT2D eigenvalue weighted by Crippen LogP contribution is 2.25. The molecule has 0 saturated heterocycles. The van der Waals surface area contributed by atoms with E-state index < -0.39 is 10.0 Å². The monoisotopic (exact) mass is 535 g/mol. The molecule has 4 aromatic rings. The Morgan fingerprint density at radius 2 is 1.54 bits per heavy atom. The van der Waals surface area contributed by atoms with Gasteiger partial charge in [0, 0.05) is 18.5 Å². The molecule has 0 atom stereocenters. The van der Waals surface area contributed by atoms with Crippen LogP contribution in [-0.4, -0.2) is 37.0 Å². The molecule has 1 aromatic heterocycles. The molecule has 37 heavy (non-hydrogen) atoms. The number of hydrogen-bond acceptors (Lipinski definition) is 5. The van der Waals surface area contributed by atoms with E-state index in [1.165, 1.54) is 15.4 Å². The number of rotatable bonds is 10. The van der Waals surface area contributed by atoms with E-state index in [4.69, 9.17) is 9.73 Å². The first-order chi connectivity index (χ1) is 17.8. The molecular formula is C29H33N3O3S2. The lowest BCUT2D eigenvalue weighted by Crippen LogP contribution is -2.30. The summed E-state index contributed by atoms with van der Waals surface area (Å²) in [7, 11) is -3.51. The molecule has 3 aromatic carbocycles. The van der Waals surface area contributed by atoms with Crippen molar-refractivity contribution in [3.05, 3.63) is 94.1 Å². The Kier molecular flexibility index (Phi) is 8.63. The zero-order valence-corrected chi connectivity index (χ0v) is 23.3. The third-order valence-corrected chi connectivity index (χ3v) is 9.05. The van der Waals surface area contributed by atoms with E-state index in [9.17, 15) is 8.42 Å². The summed E-state index contributed by atoms with van der Waals surface area (Å²) in [5.74, 6) is 0.820. The Morgan fingerprint density at radius 1 is 0.892 bits per heavy atom. The molecule has 4 rings (SSSR count). The van der Waals surface area contributed by atoms with Crippen LogP contribution in [0.15, 0.2) is 88.1 Å². The zero-order valence-electron chi connectivity index (χ0n) is 21.7. The molecule has 0 aliphatic rings. The summed E-state index contributed by atoms with van der Waals surface area (Å²) in [4.78, 5) is 6.09. The molecule has 0 unspecified atom stereocenters. The van der Waals surface area contributed by atoms with E-state index in [0.29, 0.717) is 31.1 Å². The minimum atomic E-state index is -3.51. The highest BCUT2D eigenvalue weighted by Gasteiger charge is 2.21. The number of sulfonamides is 1. The fourth-order valence-electron chi connectivity index (χ4n) is 4.08. The Labute approximate surface area is 223 Å². The minimum absolute atomic E-state index is 0.305. The van der Waals surface area contributed by atoms with Gasteiger partial charge >= 0.3 is 0 Å². The second kappa shape index (κ2) is 11.9. The third-order valence-electron chi connectivity index (χ3n) is 6.12. The van der Waals surface area contributed by atoms with Gasteiger partial charge in [-0.05, 0) is 61.4 Å². The lowest BCUT2D eigenvalue weighted by molar-refractivity contribution is 0.340. The minimum Gasteiger partial charge on any atom is -0.494 e. The van der Waals surface area contributed by atoms with Gasteiger partial charge in [0.1, 0.15) is 5.75 Å². The number of aryl methyl sites for hydroxylation is 1. The standard InChI is InChI=1S/C29H33N3O3S2/c1-5-31(6-2)37(33,34)27-18-12-24(13-19-27)28-21-36-29(30-25-14-16-26(17-15-25)35-7-3)32(28)20-23-10-8-22(4)9-11-23/h8-19,21H,5-7,20H2,1-4H3. The fraction of sp³-hybridized carbons (Fsp3) is 0.276. The third kappa shape index (κ3) is 6.21. The number of ether oxygens (including phenoxy) is 1. The number of benzene rings is 3. The van der Waals surface area contributed by atoms with E-state index in [-0.39, 0.29) is 0 Å². The van der Waals surface area contributed by atoms with Crippen molar-refractivity contribution in [1.29, 1.82) is 0 Å². The van der Waals surface area contributed by atoms with Crippen molar-refractivity contribution in [1.82, 2.24) is 8.87 Å². The van der Waals surface area contributed by atoms with Gasteiger partial charge in [-0.15, -0.1) is 11.3 Å². The van der Waals surface area contributed by atoms with E-state index in [0.717, 1.165) is 27.5 Å². The van der Waals surface area contributed by atoms with E-state index >= 15 is 0 Å². The first-order valence-corrected chi connectivity index (χ1v) is 14.8. The van der Waals surface area contributed by atoms with E-state index in [1.807, 2.05) is 57.2 Å². The van der Waals surface area contributed by atoms with Gasteiger partial charge in [0.15, 0.2) is 4.80 Å². The molecule has 1 heterocycles. The molecule has 0 N–H and O–H groups in total. The molecule has 0 radical (unpaired) electrons. The van der Waals surface area contributed by atoms with Crippen LogP contribution in [0.4, 0.5) is 5.69 Å². The quantitative estimate of drug-likeness (QED) is 0.242. The molecule has 0 bridgehead atoms. The van der Waals surface area contributed by atoms with Crippen LogP contribution < -0.4 is 9.54 Å². The molecule has 0 spiro atoms. The first-order valence-electron chi connectivity index (χ1n) is 12.5. The highest BCUT2D eigenvalue weighted by molar-refractivity contribution is 7.89. The maximum absolute atomic E-state index is 12.9. The molecule has 0 amide bonds. The smallest absolute Gasteiger partial charge is 0.243 e. The van der Waals surface area contributed by atoms with Gasteiger partial charge in [-0.3, -0.25) is 0 Å². The van der Waals surface area contributed by atoms with E-state index in [1.54, 1.807) is 23.5 Å². The fourth-order valence-corrected chi connectivity index (χ4v) is 6.47. The van der Waals surface area contributed by atoms with Gasteiger partial charge in [-0.1, -0.05) is 55.8 Å². The van der Waals surface area contributed by atoms with Crippen molar-refractivity contribution < 1.29 is 13.2 Å². The molecule has 0 aliphatic carbocycles. The Hall–Kier alpha value is -3.20. The second-order valence-electron chi connectivity index (χ2n) is 8.63. The van der Waals surface area contributed by atoms with Crippen LogP contribution in [0.3, 0.4) is 0 Å². The number of aromatic nitrogens is 1. The van der Waals surface area contributed by atoms with Crippen molar-refractivity contribution in [2.45, 2.75) is 39.1 Å². The molecule has 0 fully saturated rings. The van der Waals surface area contributed by atoms with E-state index in [2.05, 4.69) is 41.1 Å². The lowest BCUT2D eigenvalue weighted by atomic mass is 10.1. The summed E-state index contributed by atoms with van der Waals surface area (Å²) >= 11 is 1.56. The van der Waals surface area contributed by atoms with Crippen molar-refractivity contribution in [2.24, 2.45) is 4.99 Å². The maximum Gasteiger partial charge on any atom is 0.243 e. The molecule has 8 heteroatoms. The van der Waals surface area contributed by atoms with Gasteiger partial charge in [-0.25, -0.2) is 13.4 Å². The lowest BCUT2D eigenvalue weighted by Gasteiger charge is -2.18. The summed E-state index contributed by atoms with van der Waals surface area (Å²) in [6, 6.07) is 23.4. The highest BCUT2D eigenvalue weighted by atomic mass is 32.2. The molecular weight excluding hydrogens is 502 g/mol. The van der Waals surface area contributed by atoms with Crippen LogP contribution in [0.1, 0.15) is 31.9 Å². The summed E-state index contributed by atoms with van der Waals surface area (Å²) in [6.07, 6.45) is 0.